The van der Waals surface area contributed by atoms with Gasteiger partial charge in [-0.05, 0) is 25.0 Å². The van der Waals surface area contributed by atoms with Gasteiger partial charge in [-0.15, -0.1) is 30.1 Å². The number of carbonyl (C=O) groups is 1. The molecular formula is C15H20Cl2N6O2. The molecule has 2 heterocycles. The van der Waals surface area contributed by atoms with Gasteiger partial charge in [-0.2, -0.15) is 5.26 Å². The highest BCUT2D eigenvalue weighted by Crippen LogP contribution is 2.16. The Balaban J connectivity index is 0.00000288. The fraction of sp³-hybridized carbons (Fsp3) is 0.467. The van der Waals surface area contributed by atoms with Crippen molar-refractivity contribution in [3.8, 4) is 18.1 Å². The molecule has 1 fully saturated rings. The number of ether oxygens (including phenoxy) is 1. The normalized spacial score (nSPS) is 15.1. The minimum absolute atomic E-state index is 0. The van der Waals surface area contributed by atoms with Gasteiger partial charge in [0.15, 0.2) is 5.75 Å². The number of hydrogen-bond donors (Lipinski definition) is 2. The molecule has 1 aliphatic rings. The van der Waals surface area contributed by atoms with Crippen molar-refractivity contribution in [2.45, 2.75) is 18.9 Å². The zero-order valence-corrected chi connectivity index (χ0v) is 15.1. The molecule has 1 aromatic rings. The average molecular weight is 387 g/mol. The summed E-state index contributed by atoms with van der Waals surface area (Å²) in [6.07, 6.45) is 4.69. The van der Waals surface area contributed by atoms with Gasteiger partial charge in [0, 0.05) is 19.6 Å². The number of aromatic nitrogens is 1. The molecule has 0 bridgehead atoms. The van der Waals surface area contributed by atoms with E-state index in [1.54, 1.807) is 23.3 Å². The molecule has 25 heavy (non-hydrogen) atoms. The molecule has 1 saturated heterocycles. The summed E-state index contributed by atoms with van der Waals surface area (Å²) in [6.45, 7) is 2.08. The molecule has 0 saturated carbocycles. The number of halogens is 2. The van der Waals surface area contributed by atoms with Gasteiger partial charge in [0.25, 0.3) is 6.26 Å². The lowest BCUT2D eigenvalue weighted by molar-refractivity contribution is -0.130. The zero-order chi connectivity index (χ0) is 16.5. The van der Waals surface area contributed by atoms with Crippen LogP contribution in [0.2, 0.25) is 0 Å². The number of carbonyl (C=O) groups excluding carboxylic acids is 1. The van der Waals surface area contributed by atoms with Gasteiger partial charge in [0.1, 0.15) is 11.9 Å². The Bertz CT molecular complexity index is 614. The molecule has 1 amide bonds. The minimum Gasteiger partial charge on any atom is -0.386 e. The first-order valence-corrected chi connectivity index (χ1v) is 7.40. The third-order valence-electron chi connectivity index (χ3n) is 3.51. The van der Waals surface area contributed by atoms with Crippen molar-refractivity contribution >= 4 is 36.5 Å². The molecule has 0 aliphatic carbocycles. The van der Waals surface area contributed by atoms with Gasteiger partial charge in [-0.25, -0.2) is 4.98 Å². The van der Waals surface area contributed by atoms with Crippen molar-refractivity contribution < 1.29 is 9.53 Å². The van der Waals surface area contributed by atoms with Crippen LogP contribution in [-0.4, -0.2) is 48.0 Å². The van der Waals surface area contributed by atoms with Gasteiger partial charge in [0.05, 0.1) is 18.8 Å². The first-order valence-electron chi connectivity index (χ1n) is 7.40. The van der Waals surface area contributed by atoms with E-state index in [9.17, 15) is 4.79 Å². The van der Waals surface area contributed by atoms with Gasteiger partial charge >= 0.3 is 0 Å². The average Bonchev–Trinajstić information content (AvgIpc) is 3.05. The van der Waals surface area contributed by atoms with E-state index >= 15 is 0 Å². The maximum absolute atomic E-state index is 12.0. The van der Waals surface area contributed by atoms with E-state index in [0.717, 1.165) is 12.8 Å². The maximum Gasteiger partial charge on any atom is 0.292 e. The van der Waals surface area contributed by atoms with Crippen LogP contribution in [0.25, 0.3) is 0 Å². The predicted octanol–water partition coefficient (Wildman–Crippen LogP) is 1.30. The van der Waals surface area contributed by atoms with Crippen LogP contribution >= 0.6 is 24.8 Å². The molecule has 1 aliphatic heterocycles. The quantitative estimate of drug-likeness (QED) is 0.535. The van der Waals surface area contributed by atoms with Crippen molar-refractivity contribution in [1.82, 2.24) is 15.2 Å². The van der Waals surface area contributed by atoms with Crippen molar-refractivity contribution in [2.75, 3.05) is 31.5 Å². The highest BCUT2D eigenvalue weighted by atomic mass is 35.5. The second-order valence-electron chi connectivity index (χ2n) is 5.05. The third-order valence-corrected chi connectivity index (χ3v) is 3.51. The number of anilines is 1. The summed E-state index contributed by atoms with van der Waals surface area (Å²) in [6, 6.07) is 5.23. The van der Waals surface area contributed by atoms with Crippen LogP contribution in [0, 0.1) is 22.8 Å². The predicted molar refractivity (Wildman–Crippen MR) is 96.7 cm³/mol. The lowest BCUT2D eigenvalue weighted by Gasteiger charge is -2.19. The summed E-state index contributed by atoms with van der Waals surface area (Å²) in [5.74, 6) is 1.01. The van der Waals surface area contributed by atoms with E-state index in [0.29, 0.717) is 31.2 Å². The molecule has 1 aromatic heterocycles. The molecule has 0 unspecified atom stereocenters. The van der Waals surface area contributed by atoms with Crippen molar-refractivity contribution in [3.63, 3.8) is 0 Å². The lowest BCUT2D eigenvalue weighted by Crippen LogP contribution is -2.41. The van der Waals surface area contributed by atoms with Crippen molar-refractivity contribution in [2.24, 2.45) is 0 Å². The van der Waals surface area contributed by atoms with Crippen LogP contribution in [0.3, 0.4) is 0 Å². The maximum atomic E-state index is 12.0. The summed E-state index contributed by atoms with van der Waals surface area (Å²) in [5.41, 5.74) is 0. The van der Waals surface area contributed by atoms with Gasteiger partial charge in [-0.3, -0.25) is 4.79 Å². The summed E-state index contributed by atoms with van der Waals surface area (Å²) >= 11 is 0. The van der Waals surface area contributed by atoms with E-state index < -0.39 is 0 Å². The largest absolute Gasteiger partial charge is 0.386 e. The van der Waals surface area contributed by atoms with Gasteiger partial charge in [-0.1, -0.05) is 0 Å². The van der Waals surface area contributed by atoms with Crippen LogP contribution in [0.1, 0.15) is 12.8 Å². The first-order chi connectivity index (χ1) is 11.2. The molecule has 2 N–H and O–H groups in total. The van der Waals surface area contributed by atoms with Crippen LogP contribution in [-0.2, 0) is 4.79 Å². The summed E-state index contributed by atoms with van der Waals surface area (Å²) < 4.78 is 4.63. The summed E-state index contributed by atoms with van der Waals surface area (Å²) in [5, 5.41) is 23.5. The zero-order valence-electron chi connectivity index (χ0n) is 13.5. The van der Waals surface area contributed by atoms with E-state index in [2.05, 4.69) is 26.4 Å². The molecular weight excluding hydrogens is 367 g/mol. The number of likely N-dealkylation sites (tertiary alicyclic amines) is 1. The Morgan fingerprint density at radius 1 is 1.36 bits per heavy atom. The molecule has 10 heteroatoms. The van der Waals surface area contributed by atoms with Crippen LogP contribution in [0.4, 0.5) is 5.82 Å². The highest BCUT2D eigenvalue weighted by molar-refractivity contribution is 5.85. The van der Waals surface area contributed by atoms with Gasteiger partial charge in [0.2, 0.25) is 5.91 Å². The van der Waals surface area contributed by atoms with E-state index in [1.807, 2.05) is 0 Å². The first kappa shape index (κ1) is 22.7. The molecule has 1 atom stereocenters. The smallest absolute Gasteiger partial charge is 0.292 e. The number of nitrogens with one attached hydrogen (secondary N) is 2. The molecule has 8 nitrogen and oxygen atoms in total. The van der Waals surface area contributed by atoms with Crippen LogP contribution < -0.4 is 15.4 Å². The van der Waals surface area contributed by atoms with E-state index in [-0.39, 0.29) is 43.3 Å². The van der Waals surface area contributed by atoms with E-state index in [1.165, 1.54) is 6.20 Å². The fourth-order valence-electron chi connectivity index (χ4n) is 2.37. The molecule has 2 rings (SSSR count). The van der Waals surface area contributed by atoms with Gasteiger partial charge < -0.3 is 20.3 Å². The topological polar surface area (TPSA) is 114 Å². The lowest BCUT2D eigenvalue weighted by atomic mass is 10.2. The third kappa shape index (κ3) is 7.02. The Labute approximate surface area is 159 Å². The van der Waals surface area contributed by atoms with Crippen molar-refractivity contribution in [1.29, 1.82) is 10.5 Å². The number of hydrogen-bond acceptors (Lipinski definition) is 7. The minimum atomic E-state index is -0.277. The Kier molecular flexibility index (Phi) is 11.1. The number of pyridine rings is 1. The number of nitriles is 2. The summed E-state index contributed by atoms with van der Waals surface area (Å²) in [4.78, 5) is 17.7. The number of rotatable bonds is 7. The molecule has 0 radical (unpaired) electrons. The van der Waals surface area contributed by atoms with Crippen LogP contribution in [0.5, 0.6) is 5.75 Å². The SMILES string of the molecule is Cl.Cl.N#COc1ccc(NCCNCC(=O)N2CCC[C@H]2C#N)nc1. The Morgan fingerprint density at radius 3 is 2.80 bits per heavy atom. The number of nitrogens with zero attached hydrogens (tertiary/aromatic N) is 4. The summed E-state index contributed by atoms with van der Waals surface area (Å²) in [7, 11) is 0. The Morgan fingerprint density at radius 2 is 2.16 bits per heavy atom. The Hall–Kier alpha value is -2.26. The highest BCUT2D eigenvalue weighted by Gasteiger charge is 2.27. The monoisotopic (exact) mass is 386 g/mol. The number of amides is 1. The molecule has 0 spiro atoms. The van der Waals surface area contributed by atoms with E-state index in [4.69, 9.17) is 10.5 Å². The van der Waals surface area contributed by atoms with Crippen LogP contribution in [0.15, 0.2) is 18.3 Å². The fourth-order valence-corrected chi connectivity index (χ4v) is 2.37. The molecule has 0 aromatic carbocycles. The second kappa shape index (κ2) is 12.2. The molecule has 136 valence electrons. The standard InChI is InChI=1S/C15H18N6O2.2ClH/c16-8-12-2-1-7-21(12)15(22)10-18-5-6-19-14-4-3-13(9-20-14)23-11-17;;/h3-4,9,12,18H,1-2,5-7,10H2,(H,19,20);2*1H/t12-;;/m0../s1. The second-order valence-corrected chi connectivity index (χ2v) is 5.05. The van der Waals surface area contributed by atoms with Crippen molar-refractivity contribution in [3.05, 3.63) is 18.3 Å².